The van der Waals surface area contributed by atoms with Crippen molar-refractivity contribution in [3.63, 3.8) is 0 Å². The summed E-state index contributed by atoms with van der Waals surface area (Å²) in [7, 11) is -4.94. The monoisotopic (exact) mass is 766 g/mol. The maximum atomic E-state index is 8.49. The van der Waals surface area contributed by atoms with Gasteiger partial charge in [-0.05, 0) is 68.8 Å². The van der Waals surface area contributed by atoms with Gasteiger partial charge in [-0.1, -0.05) is 146 Å². The number of benzene rings is 4. The van der Waals surface area contributed by atoms with Crippen molar-refractivity contribution in [3.8, 4) is 44.5 Å². The summed E-state index contributed by atoms with van der Waals surface area (Å²) in [5, 5.41) is 0. The molecule has 8 nitrogen and oxygen atoms in total. The minimum absolute atomic E-state index is 0. The van der Waals surface area contributed by atoms with Crippen LogP contribution in [0.4, 0.5) is 0 Å². The van der Waals surface area contributed by atoms with Crippen molar-refractivity contribution >= 4 is 46.4 Å². The van der Waals surface area contributed by atoms with Crippen LogP contribution in [0.1, 0.15) is 22.8 Å². The molecule has 0 N–H and O–H groups in total. The third-order valence-electron chi connectivity index (χ3n) is 8.86. The maximum Gasteiger partial charge on any atom is 3.00 e. The molecule has 2 aliphatic rings. The molecular weight excluding hydrogens is 739 g/mol. The summed E-state index contributed by atoms with van der Waals surface area (Å²) in [5.41, 5.74) is 15.0. The van der Waals surface area contributed by atoms with Crippen LogP contribution in [0.15, 0.2) is 146 Å². The normalized spacial score (nSPS) is 11.8. The van der Waals surface area contributed by atoms with Gasteiger partial charge in [-0.3, -0.25) is 0 Å². The Bertz CT molecular complexity index is 2300. The van der Waals surface area contributed by atoms with Crippen molar-refractivity contribution in [3.05, 3.63) is 168 Å². The molecule has 4 aromatic carbocycles. The molecule has 0 radical (unpaired) electrons. The summed E-state index contributed by atoms with van der Waals surface area (Å²) in [6, 6.07) is 50.0. The van der Waals surface area contributed by atoms with Crippen LogP contribution in [-0.4, -0.2) is 9.97 Å². The van der Waals surface area contributed by atoms with E-state index in [2.05, 4.69) is 146 Å². The van der Waals surface area contributed by atoms with Gasteiger partial charge in [0.05, 0.1) is 22.8 Å². The van der Waals surface area contributed by atoms with Crippen LogP contribution in [0.2, 0.25) is 0 Å². The summed E-state index contributed by atoms with van der Waals surface area (Å²) in [5.74, 6) is 0. The van der Waals surface area contributed by atoms with Gasteiger partial charge in [0.2, 0.25) is 0 Å². The SMILES string of the molecule is C1=Cc2nc1c(-c1ccccc1)c1ccc([n-]1)c(-c1ccccc1)c1nc(c(-c3ccccc3)c3ccc([n-]3)c2-c2ccccc2)C=C1.[Mn+3].[O-][Cl+3]([O-])([O-])[O-]. The minimum Gasteiger partial charge on any atom is -0.657 e. The third-order valence-corrected chi connectivity index (χ3v) is 8.86. The molecule has 0 fully saturated rings. The Morgan fingerprint density at radius 2 is 0.537 bits per heavy atom. The number of rotatable bonds is 4. The van der Waals surface area contributed by atoms with Crippen molar-refractivity contribution in [1.29, 1.82) is 0 Å². The number of fused-ring (bicyclic) bond motifs is 8. The zero-order valence-electron chi connectivity index (χ0n) is 28.3. The summed E-state index contributed by atoms with van der Waals surface area (Å²) >= 11 is 0. The van der Waals surface area contributed by atoms with Gasteiger partial charge >= 0.3 is 17.1 Å². The van der Waals surface area contributed by atoms with Gasteiger partial charge in [-0.15, -0.1) is 32.3 Å². The molecule has 0 saturated carbocycles. The summed E-state index contributed by atoms with van der Waals surface area (Å²) in [6.45, 7) is 0. The van der Waals surface area contributed by atoms with Crippen LogP contribution < -0.4 is 28.6 Å². The predicted molar refractivity (Wildman–Crippen MR) is 199 cm³/mol. The molecule has 262 valence electrons. The van der Waals surface area contributed by atoms with Gasteiger partial charge in [0, 0.05) is 0 Å². The quantitative estimate of drug-likeness (QED) is 0.204. The molecular formula is C44H28ClMnN4O4. The molecule has 0 aliphatic carbocycles. The van der Waals surface area contributed by atoms with E-state index in [1.54, 1.807) is 0 Å². The zero-order valence-corrected chi connectivity index (χ0v) is 30.3. The summed E-state index contributed by atoms with van der Waals surface area (Å²) in [6.07, 6.45) is 8.41. The van der Waals surface area contributed by atoms with Crippen LogP contribution in [0.25, 0.3) is 90.9 Å². The van der Waals surface area contributed by atoms with Crippen LogP contribution in [0.5, 0.6) is 0 Å². The molecule has 8 bridgehead atoms. The molecule has 10 heteroatoms. The van der Waals surface area contributed by atoms with E-state index in [1.165, 1.54) is 0 Å². The van der Waals surface area contributed by atoms with Crippen molar-refractivity contribution in [2.45, 2.75) is 0 Å². The molecule has 54 heavy (non-hydrogen) atoms. The molecule has 0 spiro atoms. The molecule has 0 unspecified atom stereocenters. The Balaban J connectivity index is 0.000000706. The Kier molecular flexibility index (Phi) is 10.6. The number of hydrogen-bond acceptors (Lipinski definition) is 6. The Morgan fingerprint density at radius 3 is 0.741 bits per heavy atom. The van der Waals surface area contributed by atoms with E-state index in [1.807, 2.05) is 24.3 Å². The van der Waals surface area contributed by atoms with Crippen molar-refractivity contribution < 1.29 is 45.9 Å². The van der Waals surface area contributed by atoms with E-state index in [9.17, 15) is 0 Å². The molecule has 3 aromatic heterocycles. The topological polar surface area (TPSA) is 146 Å². The Hall–Kier alpha value is -5.87. The first-order valence-electron chi connectivity index (χ1n) is 16.7. The van der Waals surface area contributed by atoms with Gasteiger partial charge in [0.25, 0.3) is 0 Å². The van der Waals surface area contributed by atoms with Crippen molar-refractivity contribution in [2.24, 2.45) is 0 Å². The van der Waals surface area contributed by atoms with Gasteiger partial charge in [-0.2, -0.15) is 0 Å². The fourth-order valence-corrected chi connectivity index (χ4v) is 6.69. The summed E-state index contributed by atoms with van der Waals surface area (Å²) in [4.78, 5) is 21.2. The molecule has 2 aliphatic heterocycles. The largest absolute Gasteiger partial charge is 3.00 e. The average Bonchev–Trinajstić information content (AvgIpc) is 4.01. The second kappa shape index (κ2) is 15.6. The van der Waals surface area contributed by atoms with Crippen molar-refractivity contribution in [2.75, 3.05) is 0 Å². The van der Waals surface area contributed by atoms with Gasteiger partial charge in [0.15, 0.2) is 0 Å². The molecule has 7 aromatic rings. The fourth-order valence-electron chi connectivity index (χ4n) is 6.69. The molecule has 0 amide bonds. The zero-order chi connectivity index (χ0) is 36.4. The number of aromatic nitrogens is 4. The number of hydrogen-bond donors (Lipinski definition) is 0. The average molecular weight is 767 g/mol. The molecule has 0 saturated heterocycles. The fraction of sp³-hybridized carbons (Fsp3) is 0. The standard InChI is InChI=1S/C44H28N4.ClHO4.Mn/c1-5-13-29(14-6-1)41-33-21-23-35(45-33)42(30-15-7-2-8-16-30)37-25-27-39(47-37)44(32-19-11-4-12-20-32)40-28-26-38(48-40)43(31-17-9-3-10-18-31)36-24-22-34(41)46-36;2-1(3,4)5;/h1-28H;(H,2,3,4,5);/q-2;;+3/p-1. The van der Waals surface area contributed by atoms with E-state index < -0.39 is 10.2 Å². The Morgan fingerprint density at radius 1 is 0.333 bits per heavy atom. The third kappa shape index (κ3) is 7.75. The Labute approximate surface area is 323 Å². The first-order chi connectivity index (χ1) is 25.8. The number of nitrogens with zero attached hydrogens (tertiary/aromatic N) is 4. The van der Waals surface area contributed by atoms with Gasteiger partial charge in [-0.25, -0.2) is 28.6 Å². The van der Waals surface area contributed by atoms with Crippen LogP contribution in [0.3, 0.4) is 0 Å². The second-order valence-electron chi connectivity index (χ2n) is 12.2. The first kappa shape index (κ1) is 36.5. The van der Waals surface area contributed by atoms with E-state index >= 15 is 0 Å². The van der Waals surface area contributed by atoms with Crippen LogP contribution >= 0.6 is 0 Å². The molecule has 5 heterocycles. The van der Waals surface area contributed by atoms with Crippen LogP contribution in [-0.2, 0) is 17.1 Å². The molecule has 0 atom stereocenters. The summed E-state index contributed by atoms with van der Waals surface area (Å²) < 4.78 is 34.0. The van der Waals surface area contributed by atoms with Crippen molar-refractivity contribution in [1.82, 2.24) is 19.9 Å². The van der Waals surface area contributed by atoms with Gasteiger partial charge < -0.3 is 9.97 Å². The smallest absolute Gasteiger partial charge is 0.657 e. The molecule has 9 rings (SSSR count). The van der Waals surface area contributed by atoms with Gasteiger partial charge in [0.1, 0.15) is 0 Å². The van der Waals surface area contributed by atoms with E-state index in [0.29, 0.717) is 0 Å². The van der Waals surface area contributed by atoms with E-state index in [4.69, 9.17) is 38.6 Å². The predicted octanol–water partition coefficient (Wildman–Crippen LogP) is 5.82. The van der Waals surface area contributed by atoms with Crippen LogP contribution in [0, 0.1) is 10.2 Å². The number of halogens is 1. The second-order valence-corrected chi connectivity index (χ2v) is 13.0. The minimum atomic E-state index is -4.94. The maximum absolute atomic E-state index is 8.49. The van der Waals surface area contributed by atoms with E-state index in [-0.39, 0.29) is 17.1 Å². The van der Waals surface area contributed by atoms with E-state index in [0.717, 1.165) is 89.4 Å². The first-order valence-corrected chi connectivity index (χ1v) is 17.9.